The van der Waals surface area contributed by atoms with Crippen molar-refractivity contribution in [2.75, 3.05) is 0 Å². The second-order valence-electron chi connectivity index (χ2n) is 7.70. The van der Waals surface area contributed by atoms with Crippen LogP contribution in [0.25, 0.3) is 0 Å². The zero-order valence-corrected chi connectivity index (χ0v) is 13.6. The third-order valence-electron chi connectivity index (χ3n) is 5.13. The third-order valence-corrected chi connectivity index (χ3v) is 5.13. The van der Waals surface area contributed by atoms with E-state index in [1.807, 2.05) is 17.9 Å². The number of hydrogen-bond acceptors (Lipinski definition) is 2. The molecule has 0 saturated heterocycles. The molecule has 1 aliphatic rings. The number of aromatic nitrogens is 2. The molecule has 0 bridgehead atoms. The lowest BCUT2D eigenvalue weighted by molar-refractivity contribution is 0.138. The lowest BCUT2D eigenvalue weighted by Gasteiger charge is -2.38. The van der Waals surface area contributed by atoms with E-state index >= 15 is 0 Å². The van der Waals surface area contributed by atoms with Crippen LogP contribution in [0.4, 0.5) is 0 Å². The normalized spacial score (nSPS) is 25.6. The molecule has 1 atom stereocenters. The molecule has 0 spiro atoms. The van der Waals surface area contributed by atoms with Crippen molar-refractivity contribution in [2.24, 2.45) is 30.0 Å². The molecule has 2 N–H and O–H groups in total. The van der Waals surface area contributed by atoms with Crippen LogP contribution in [-0.4, -0.2) is 15.8 Å². The summed E-state index contributed by atoms with van der Waals surface area (Å²) in [6, 6.07) is 0.358. The zero-order chi connectivity index (χ0) is 14.8. The van der Waals surface area contributed by atoms with Crippen molar-refractivity contribution in [1.82, 2.24) is 9.78 Å². The van der Waals surface area contributed by atoms with Crippen LogP contribution in [0.2, 0.25) is 0 Å². The summed E-state index contributed by atoms with van der Waals surface area (Å²) in [6.45, 7) is 7.13. The van der Waals surface area contributed by atoms with Gasteiger partial charge in [-0.3, -0.25) is 4.68 Å². The Hall–Kier alpha value is -0.830. The minimum absolute atomic E-state index is 0.358. The van der Waals surface area contributed by atoms with Crippen molar-refractivity contribution >= 4 is 0 Å². The molecule has 1 heterocycles. The molecule has 1 saturated carbocycles. The Bertz CT molecular complexity index is 408. The van der Waals surface area contributed by atoms with Crippen molar-refractivity contribution in [3.05, 3.63) is 18.0 Å². The molecule has 0 aromatic carbocycles. The van der Waals surface area contributed by atoms with Crippen molar-refractivity contribution < 1.29 is 0 Å². The van der Waals surface area contributed by atoms with E-state index in [0.29, 0.717) is 11.5 Å². The van der Waals surface area contributed by atoms with E-state index in [4.69, 9.17) is 5.73 Å². The summed E-state index contributed by atoms with van der Waals surface area (Å²) < 4.78 is 1.87. The van der Waals surface area contributed by atoms with Gasteiger partial charge < -0.3 is 5.73 Å². The van der Waals surface area contributed by atoms with Gasteiger partial charge in [-0.25, -0.2) is 0 Å². The van der Waals surface area contributed by atoms with Crippen LogP contribution in [0.15, 0.2) is 12.4 Å². The van der Waals surface area contributed by atoms with E-state index in [1.54, 1.807) is 0 Å². The molecule has 0 amide bonds. The third kappa shape index (κ3) is 4.08. The Morgan fingerprint density at radius 3 is 2.45 bits per heavy atom. The molecule has 1 fully saturated rings. The molecule has 0 radical (unpaired) electrons. The quantitative estimate of drug-likeness (QED) is 0.915. The summed E-state index contributed by atoms with van der Waals surface area (Å²) in [4.78, 5) is 0. The SMILES string of the molecule is Cn1cc(CCC(N)C2CCC(C(C)(C)C)CC2)cn1. The highest BCUT2D eigenvalue weighted by molar-refractivity contribution is 5.04. The maximum absolute atomic E-state index is 6.43. The topological polar surface area (TPSA) is 43.8 Å². The first-order chi connectivity index (χ1) is 9.36. The molecular formula is C17H31N3. The summed E-state index contributed by atoms with van der Waals surface area (Å²) in [6.07, 6.45) is 11.6. The van der Waals surface area contributed by atoms with Gasteiger partial charge in [-0.15, -0.1) is 0 Å². The molecule has 20 heavy (non-hydrogen) atoms. The van der Waals surface area contributed by atoms with Crippen molar-refractivity contribution in [1.29, 1.82) is 0 Å². The average molecular weight is 277 g/mol. The fraction of sp³-hybridized carbons (Fsp3) is 0.824. The predicted molar refractivity (Wildman–Crippen MR) is 84.4 cm³/mol. The van der Waals surface area contributed by atoms with Gasteiger partial charge in [0.25, 0.3) is 0 Å². The molecule has 2 rings (SSSR count). The van der Waals surface area contributed by atoms with E-state index in [0.717, 1.165) is 24.7 Å². The Balaban J connectivity index is 1.76. The van der Waals surface area contributed by atoms with E-state index in [2.05, 4.69) is 32.1 Å². The zero-order valence-electron chi connectivity index (χ0n) is 13.6. The molecule has 1 aromatic heterocycles. The van der Waals surface area contributed by atoms with Crippen LogP contribution in [0.5, 0.6) is 0 Å². The fourth-order valence-corrected chi connectivity index (χ4v) is 3.58. The largest absolute Gasteiger partial charge is 0.327 e. The number of hydrogen-bond donors (Lipinski definition) is 1. The second kappa shape index (κ2) is 6.30. The van der Waals surface area contributed by atoms with Gasteiger partial charge in [-0.1, -0.05) is 20.8 Å². The van der Waals surface area contributed by atoms with E-state index in [1.165, 1.54) is 31.2 Å². The average Bonchev–Trinajstić information content (AvgIpc) is 2.81. The Kier molecular flexibility index (Phi) is 4.90. The first kappa shape index (κ1) is 15.6. The number of rotatable bonds is 4. The Labute approximate surface area is 123 Å². The minimum atomic E-state index is 0.358. The van der Waals surface area contributed by atoms with E-state index < -0.39 is 0 Å². The van der Waals surface area contributed by atoms with Gasteiger partial charge in [0.05, 0.1) is 6.20 Å². The lowest BCUT2D eigenvalue weighted by atomic mass is 9.68. The maximum atomic E-state index is 6.43. The summed E-state index contributed by atoms with van der Waals surface area (Å²) in [7, 11) is 1.97. The number of aryl methyl sites for hydroxylation is 2. The standard InChI is InChI=1S/C17H31N3/c1-17(2,3)15-8-6-14(7-9-15)16(18)10-5-13-11-19-20(4)12-13/h11-12,14-16H,5-10,18H2,1-4H3. The predicted octanol–water partition coefficient (Wildman–Crippen LogP) is 3.53. The summed E-state index contributed by atoms with van der Waals surface area (Å²) >= 11 is 0. The summed E-state index contributed by atoms with van der Waals surface area (Å²) in [5, 5.41) is 4.22. The van der Waals surface area contributed by atoms with Gasteiger partial charge >= 0.3 is 0 Å². The van der Waals surface area contributed by atoms with E-state index in [-0.39, 0.29) is 0 Å². The monoisotopic (exact) mass is 277 g/mol. The van der Waals surface area contributed by atoms with Crippen LogP contribution in [0, 0.1) is 17.3 Å². The van der Waals surface area contributed by atoms with Gasteiger partial charge in [0.15, 0.2) is 0 Å². The van der Waals surface area contributed by atoms with Crippen LogP contribution in [-0.2, 0) is 13.5 Å². The van der Waals surface area contributed by atoms with Crippen LogP contribution < -0.4 is 5.73 Å². The second-order valence-corrected chi connectivity index (χ2v) is 7.70. The highest BCUT2D eigenvalue weighted by Gasteiger charge is 2.31. The molecular weight excluding hydrogens is 246 g/mol. The van der Waals surface area contributed by atoms with E-state index in [9.17, 15) is 0 Å². The highest BCUT2D eigenvalue weighted by Crippen LogP contribution is 2.40. The number of nitrogens with two attached hydrogens (primary N) is 1. The Morgan fingerprint density at radius 2 is 1.95 bits per heavy atom. The number of nitrogens with zero attached hydrogens (tertiary/aromatic N) is 2. The van der Waals surface area contributed by atoms with Gasteiger partial charge in [-0.05, 0) is 61.3 Å². The Morgan fingerprint density at radius 1 is 1.30 bits per heavy atom. The van der Waals surface area contributed by atoms with Crippen molar-refractivity contribution in [3.8, 4) is 0 Å². The molecule has 3 heteroatoms. The first-order valence-electron chi connectivity index (χ1n) is 8.09. The van der Waals surface area contributed by atoms with Gasteiger partial charge in [0.1, 0.15) is 0 Å². The van der Waals surface area contributed by atoms with Crippen molar-refractivity contribution in [3.63, 3.8) is 0 Å². The molecule has 114 valence electrons. The smallest absolute Gasteiger partial charge is 0.0521 e. The van der Waals surface area contributed by atoms with Crippen molar-refractivity contribution in [2.45, 2.75) is 65.3 Å². The minimum Gasteiger partial charge on any atom is -0.327 e. The summed E-state index contributed by atoms with van der Waals surface area (Å²) in [5.41, 5.74) is 8.20. The fourth-order valence-electron chi connectivity index (χ4n) is 3.58. The lowest BCUT2D eigenvalue weighted by Crippen LogP contribution is -2.35. The van der Waals surface area contributed by atoms with Crippen LogP contribution in [0.3, 0.4) is 0 Å². The van der Waals surface area contributed by atoms with Gasteiger partial charge in [0.2, 0.25) is 0 Å². The molecule has 3 nitrogen and oxygen atoms in total. The van der Waals surface area contributed by atoms with Crippen LogP contribution >= 0.6 is 0 Å². The molecule has 1 aromatic rings. The van der Waals surface area contributed by atoms with Gasteiger partial charge in [-0.2, -0.15) is 5.10 Å². The summed E-state index contributed by atoms with van der Waals surface area (Å²) in [5.74, 6) is 1.61. The molecule has 1 aliphatic carbocycles. The molecule has 0 aliphatic heterocycles. The van der Waals surface area contributed by atoms with Gasteiger partial charge in [0, 0.05) is 19.3 Å². The maximum Gasteiger partial charge on any atom is 0.0521 e. The van der Waals surface area contributed by atoms with Crippen LogP contribution in [0.1, 0.15) is 58.4 Å². The molecule has 1 unspecified atom stereocenters. The highest BCUT2D eigenvalue weighted by atomic mass is 15.2. The first-order valence-corrected chi connectivity index (χ1v) is 8.09.